The molecule has 0 aliphatic carbocycles. The van der Waals surface area contributed by atoms with E-state index in [4.69, 9.17) is 77.3 Å². The minimum absolute atomic E-state index is 0.0151. The lowest BCUT2D eigenvalue weighted by atomic mass is 10.1. The van der Waals surface area contributed by atoms with Crippen LogP contribution in [-0.2, 0) is 56.8 Å². The van der Waals surface area contributed by atoms with E-state index in [0.29, 0.717) is 132 Å². The lowest BCUT2D eigenvalue weighted by Crippen LogP contribution is -2.37. The van der Waals surface area contributed by atoms with Crippen molar-refractivity contribution in [2.75, 3.05) is 159 Å². The highest BCUT2D eigenvalue weighted by Gasteiger charge is 2.52. The minimum Gasteiger partial charge on any atom is -0.394 e. The van der Waals surface area contributed by atoms with Crippen molar-refractivity contribution in [1.82, 2.24) is 0 Å². The van der Waals surface area contributed by atoms with Crippen LogP contribution in [0.2, 0.25) is 0 Å². The second-order valence-electron chi connectivity index (χ2n) is 14.4. The normalized spacial score (nSPS) is 26.7. The van der Waals surface area contributed by atoms with Gasteiger partial charge < -0.3 is 77.3 Å². The zero-order valence-corrected chi connectivity index (χ0v) is 38.3. The van der Waals surface area contributed by atoms with Crippen molar-refractivity contribution in [2.45, 2.75) is 74.7 Å². The van der Waals surface area contributed by atoms with Crippen LogP contribution >= 0.6 is 15.8 Å². The van der Waals surface area contributed by atoms with Crippen LogP contribution < -0.4 is 10.6 Å². The van der Waals surface area contributed by atoms with Crippen molar-refractivity contribution < 1.29 is 77.3 Å². The third-order valence-electron chi connectivity index (χ3n) is 10.3. The van der Waals surface area contributed by atoms with Gasteiger partial charge in [-0.05, 0) is 10.6 Å². The van der Waals surface area contributed by atoms with E-state index >= 15 is 0 Å². The summed E-state index contributed by atoms with van der Waals surface area (Å²) in [6.07, 6.45) is -0.601. The number of rotatable bonds is 38. The first-order valence-corrected chi connectivity index (χ1v) is 24.6. The Bertz CT molecular complexity index is 1030. The van der Waals surface area contributed by atoms with Crippen molar-refractivity contribution in [3.05, 3.63) is 24.3 Å². The van der Waals surface area contributed by atoms with Gasteiger partial charge in [-0.3, -0.25) is 0 Å². The average molecular weight is 899 g/mol. The van der Waals surface area contributed by atoms with Gasteiger partial charge in [0, 0.05) is 22.6 Å². The number of hydrogen-bond donors (Lipinski definition) is 4. The molecule has 0 saturated carbocycles. The molecular formula is C42H76O16P2. The van der Waals surface area contributed by atoms with Crippen LogP contribution in [0.3, 0.4) is 0 Å². The Labute approximate surface area is 360 Å². The quantitative estimate of drug-likeness (QED) is 0.0545. The third kappa shape index (κ3) is 18.9. The van der Waals surface area contributed by atoms with E-state index in [2.05, 4.69) is 52.0 Å². The summed E-state index contributed by atoms with van der Waals surface area (Å²) in [5, 5.41) is 38.6. The maximum Gasteiger partial charge on any atom is 0.0911 e. The van der Waals surface area contributed by atoms with Crippen LogP contribution in [0, 0.1) is 0 Å². The lowest BCUT2D eigenvalue weighted by molar-refractivity contribution is -0.0888. The van der Waals surface area contributed by atoms with Crippen LogP contribution in [0.15, 0.2) is 24.3 Å². The molecule has 0 bridgehead atoms. The molecule has 1 aromatic carbocycles. The van der Waals surface area contributed by atoms with Crippen LogP contribution in [0.5, 0.6) is 0 Å². The molecule has 3 rings (SSSR count). The molecule has 2 aliphatic rings. The number of benzene rings is 1. The molecule has 2 saturated heterocycles. The molecule has 1 aromatic rings. The first-order chi connectivity index (χ1) is 29.4. The number of hydrogen-bond acceptors (Lipinski definition) is 16. The molecule has 0 spiro atoms. The Morgan fingerprint density at radius 1 is 0.333 bits per heavy atom. The first kappa shape index (κ1) is 53.8. The summed E-state index contributed by atoms with van der Waals surface area (Å²) in [6.45, 7) is 17.0. The van der Waals surface area contributed by atoms with E-state index in [0.717, 1.165) is 0 Å². The van der Waals surface area contributed by atoms with E-state index in [1.807, 2.05) is 0 Å². The Morgan fingerprint density at radius 3 is 0.750 bits per heavy atom. The third-order valence-corrected chi connectivity index (χ3v) is 17.1. The molecule has 0 aromatic heterocycles. The topological polar surface area (TPSA) is 192 Å². The number of aliphatic hydroxyl groups excluding tert-OH is 4. The molecule has 16 nitrogen and oxygen atoms in total. The van der Waals surface area contributed by atoms with Gasteiger partial charge in [0.05, 0.1) is 183 Å². The molecule has 0 amide bonds. The fraction of sp³-hybridized carbons (Fsp3) is 0.857. The van der Waals surface area contributed by atoms with Crippen LogP contribution in [-0.4, -0.2) is 226 Å². The summed E-state index contributed by atoms with van der Waals surface area (Å²) in [5.41, 5.74) is 0.782. The van der Waals surface area contributed by atoms with E-state index in [-0.39, 0.29) is 73.5 Å². The van der Waals surface area contributed by atoms with Crippen molar-refractivity contribution in [3.8, 4) is 0 Å². The Morgan fingerprint density at radius 2 is 0.533 bits per heavy atom. The van der Waals surface area contributed by atoms with Crippen LogP contribution in [0.4, 0.5) is 0 Å². The van der Waals surface area contributed by atoms with Gasteiger partial charge in [-0.25, -0.2) is 0 Å². The molecule has 60 heavy (non-hydrogen) atoms. The van der Waals surface area contributed by atoms with Gasteiger partial charge in [-0.1, -0.05) is 67.8 Å². The van der Waals surface area contributed by atoms with Crippen LogP contribution in [0.1, 0.15) is 27.7 Å². The number of aliphatic hydroxyl groups is 4. The Hall–Kier alpha value is -0.560. The van der Waals surface area contributed by atoms with Crippen molar-refractivity contribution in [2.24, 2.45) is 0 Å². The molecule has 4 N–H and O–H groups in total. The van der Waals surface area contributed by atoms with Gasteiger partial charge in [0.2, 0.25) is 0 Å². The molecule has 0 unspecified atom stereocenters. The highest BCUT2D eigenvalue weighted by molar-refractivity contribution is 7.73. The standard InChI is InChI=1S/C42H76O16P2/c1-33-39(55-29-25-51-21-17-47-13-9-43)40(56-30-26-52-22-18-48-14-10-44)34(2)59(33)37-7-5-6-8-38(37)60-35(3)41(57-31-27-53-23-19-49-15-11-45)42(36(60)4)58-32-28-54-24-20-50-16-12-46/h5-8,33-36,39-46H,9-32H2,1-4H3/t33-,34-,35-,36-,39+,40+,41+,42+/m0/s1. The van der Waals surface area contributed by atoms with Crippen molar-refractivity contribution in [1.29, 1.82) is 0 Å². The lowest BCUT2D eigenvalue weighted by Gasteiger charge is -2.31. The predicted octanol–water partition coefficient (Wildman–Crippen LogP) is 1.13. The zero-order chi connectivity index (χ0) is 43.2. The molecule has 2 heterocycles. The van der Waals surface area contributed by atoms with Gasteiger partial charge >= 0.3 is 0 Å². The second kappa shape index (κ2) is 33.9. The fourth-order valence-electron chi connectivity index (χ4n) is 7.71. The van der Waals surface area contributed by atoms with Gasteiger partial charge in [0.1, 0.15) is 0 Å². The maximum atomic E-state index is 8.96. The Kier molecular flexibility index (Phi) is 30.4. The van der Waals surface area contributed by atoms with E-state index in [1.54, 1.807) is 0 Å². The summed E-state index contributed by atoms with van der Waals surface area (Å²) in [7, 11) is -1.48. The van der Waals surface area contributed by atoms with Gasteiger partial charge in [0.15, 0.2) is 0 Å². The molecule has 2 fully saturated rings. The van der Waals surface area contributed by atoms with E-state index < -0.39 is 15.8 Å². The maximum absolute atomic E-state index is 8.96. The zero-order valence-electron chi connectivity index (χ0n) is 36.5. The smallest absolute Gasteiger partial charge is 0.0911 e. The highest BCUT2D eigenvalue weighted by atomic mass is 31.1. The molecule has 8 atom stereocenters. The van der Waals surface area contributed by atoms with Gasteiger partial charge in [-0.15, -0.1) is 0 Å². The number of ether oxygens (including phenoxy) is 12. The molecule has 0 radical (unpaired) electrons. The van der Waals surface area contributed by atoms with Gasteiger partial charge in [0.25, 0.3) is 0 Å². The van der Waals surface area contributed by atoms with E-state index in [9.17, 15) is 0 Å². The fourth-order valence-corrected chi connectivity index (χ4v) is 15.1. The van der Waals surface area contributed by atoms with Gasteiger partial charge in [-0.2, -0.15) is 0 Å². The van der Waals surface area contributed by atoms with Crippen molar-refractivity contribution >= 4 is 26.5 Å². The van der Waals surface area contributed by atoms with Crippen LogP contribution in [0.25, 0.3) is 0 Å². The molecule has 18 heteroatoms. The summed E-state index contributed by atoms with van der Waals surface area (Å²) in [6, 6.07) is 8.92. The summed E-state index contributed by atoms with van der Waals surface area (Å²) in [5.74, 6) is 0. The van der Waals surface area contributed by atoms with E-state index in [1.165, 1.54) is 10.6 Å². The molecule has 2 aliphatic heterocycles. The summed E-state index contributed by atoms with van der Waals surface area (Å²) in [4.78, 5) is 0. The molecule has 350 valence electrons. The van der Waals surface area contributed by atoms with Crippen molar-refractivity contribution in [3.63, 3.8) is 0 Å². The highest BCUT2D eigenvalue weighted by Crippen LogP contribution is 2.60. The largest absolute Gasteiger partial charge is 0.394 e. The first-order valence-electron chi connectivity index (χ1n) is 21.6. The Balaban J connectivity index is 1.76. The SMILES string of the molecule is C[C@H]1[C@@H](OCCOCCOCCO)[C@H](OCCOCCOCCO)[C@H](C)P1c1ccccc1P1[C@@H](C)[C@@H](OCCOCCOCCO)[C@H](OCCOCCOCCO)[C@@H]1C. The molecular weight excluding hydrogens is 822 g/mol. The predicted molar refractivity (Wildman–Crippen MR) is 231 cm³/mol. The average Bonchev–Trinajstić information content (AvgIpc) is 3.63. The monoisotopic (exact) mass is 898 g/mol. The minimum atomic E-state index is -0.738. The summed E-state index contributed by atoms with van der Waals surface area (Å²) >= 11 is 0. The second-order valence-corrected chi connectivity index (χ2v) is 20.3. The summed E-state index contributed by atoms with van der Waals surface area (Å²) < 4.78 is 70.9.